The van der Waals surface area contributed by atoms with Crippen LogP contribution in [0.2, 0.25) is 0 Å². The zero-order valence-corrected chi connectivity index (χ0v) is 14.7. The number of non-ortho nitro benzene ring substituents is 1. The monoisotopic (exact) mass is 359 g/mol. The zero-order valence-electron chi connectivity index (χ0n) is 14.7. The summed E-state index contributed by atoms with van der Waals surface area (Å²) in [5.74, 6) is 0. The largest absolute Gasteiger partial charge is 0.380 e. The molecular weight excluding hydrogens is 342 g/mol. The first-order chi connectivity index (χ1) is 13.1. The fourth-order valence-corrected chi connectivity index (χ4v) is 3.19. The topological polar surface area (TPSA) is 85.9 Å². The summed E-state index contributed by atoms with van der Waals surface area (Å²) >= 11 is 0. The van der Waals surface area contributed by atoms with E-state index in [0.29, 0.717) is 11.9 Å². The third-order valence-electron chi connectivity index (χ3n) is 4.41. The maximum absolute atomic E-state index is 11.3. The second-order valence-corrected chi connectivity index (χ2v) is 6.21. The van der Waals surface area contributed by atoms with Crippen molar-refractivity contribution in [1.29, 1.82) is 0 Å². The number of nitro benzene ring substituents is 1. The highest BCUT2D eigenvalue weighted by Gasteiger charge is 2.15. The number of hydrogen-bond acceptors (Lipinski definition) is 5. The molecule has 4 aromatic rings. The standard InChI is InChI=1S/C20H17N5O2/c1-24-13-15(20(23-24)14-5-3-2-4-6-14)11-22-18-7-8-19(25(26)27)17-12-21-10-9-16(17)18/h2-10,12-13,22H,11H2,1H3. The molecule has 0 fully saturated rings. The molecule has 134 valence electrons. The molecule has 0 spiro atoms. The van der Waals surface area contributed by atoms with Crippen molar-refractivity contribution in [2.75, 3.05) is 5.32 Å². The Bertz CT molecular complexity index is 1120. The molecule has 0 bridgehead atoms. The van der Waals surface area contributed by atoms with Gasteiger partial charge in [-0.25, -0.2) is 0 Å². The highest BCUT2D eigenvalue weighted by Crippen LogP contribution is 2.31. The summed E-state index contributed by atoms with van der Waals surface area (Å²) in [6.45, 7) is 0.549. The maximum Gasteiger partial charge on any atom is 0.278 e. The third kappa shape index (κ3) is 3.22. The van der Waals surface area contributed by atoms with E-state index in [1.165, 1.54) is 12.3 Å². The molecule has 0 aliphatic heterocycles. The molecular formula is C20H17N5O2. The average molecular weight is 359 g/mol. The minimum absolute atomic E-state index is 0.0509. The van der Waals surface area contributed by atoms with E-state index in [0.717, 1.165) is 27.9 Å². The van der Waals surface area contributed by atoms with Crippen LogP contribution >= 0.6 is 0 Å². The summed E-state index contributed by atoms with van der Waals surface area (Å²) in [4.78, 5) is 14.9. The van der Waals surface area contributed by atoms with Crippen molar-refractivity contribution >= 4 is 22.1 Å². The van der Waals surface area contributed by atoms with Crippen LogP contribution in [0.1, 0.15) is 5.56 Å². The number of nitrogens with zero attached hydrogens (tertiary/aromatic N) is 4. The van der Waals surface area contributed by atoms with Gasteiger partial charge in [-0.2, -0.15) is 5.10 Å². The minimum Gasteiger partial charge on any atom is -0.380 e. The Labute approximate surface area is 155 Å². The van der Waals surface area contributed by atoms with Gasteiger partial charge in [0.25, 0.3) is 5.69 Å². The summed E-state index contributed by atoms with van der Waals surface area (Å²) in [6, 6.07) is 15.0. The van der Waals surface area contributed by atoms with Crippen LogP contribution in [0.3, 0.4) is 0 Å². The van der Waals surface area contributed by atoms with Crippen LogP contribution in [0, 0.1) is 10.1 Å². The molecule has 7 nitrogen and oxygen atoms in total. The van der Waals surface area contributed by atoms with Crippen LogP contribution in [0.4, 0.5) is 11.4 Å². The molecule has 0 saturated heterocycles. The Hall–Kier alpha value is -3.74. The van der Waals surface area contributed by atoms with Crippen LogP contribution in [0.25, 0.3) is 22.0 Å². The summed E-state index contributed by atoms with van der Waals surface area (Å²) < 4.78 is 1.79. The van der Waals surface area contributed by atoms with E-state index in [9.17, 15) is 10.1 Å². The molecule has 0 aliphatic carbocycles. The van der Waals surface area contributed by atoms with Crippen molar-refractivity contribution in [2.24, 2.45) is 7.05 Å². The van der Waals surface area contributed by atoms with E-state index < -0.39 is 0 Å². The molecule has 0 radical (unpaired) electrons. The second-order valence-electron chi connectivity index (χ2n) is 6.21. The number of aromatic nitrogens is 3. The Morgan fingerprint density at radius 1 is 1.11 bits per heavy atom. The highest BCUT2D eigenvalue weighted by molar-refractivity contribution is 5.99. The van der Waals surface area contributed by atoms with Crippen LogP contribution in [-0.2, 0) is 13.6 Å². The third-order valence-corrected chi connectivity index (χ3v) is 4.41. The fraction of sp³-hybridized carbons (Fsp3) is 0.100. The van der Waals surface area contributed by atoms with E-state index in [1.54, 1.807) is 23.0 Å². The molecule has 0 atom stereocenters. The Morgan fingerprint density at radius 3 is 2.70 bits per heavy atom. The van der Waals surface area contributed by atoms with Gasteiger partial charge in [-0.1, -0.05) is 30.3 Å². The predicted molar refractivity (Wildman–Crippen MR) is 104 cm³/mol. The predicted octanol–water partition coefficient (Wildman–Crippen LogP) is 4.16. The molecule has 7 heteroatoms. The number of hydrogen-bond donors (Lipinski definition) is 1. The smallest absolute Gasteiger partial charge is 0.278 e. The lowest BCUT2D eigenvalue weighted by Gasteiger charge is -2.10. The number of fused-ring (bicyclic) bond motifs is 1. The molecule has 2 aromatic heterocycles. The molecule has 0 saturated carbocycles. The van der Waals surface area contributed by atoms with Gasteiger partial charge in [0, 0.05) is 60.4 Å². The van der Waals surface area contributed by atoms with Gasteiger partial charge in [0.1, 0.15) is 0 Å². The van der Waals surface area contributed by atoms with E-state index in [2.05, 4.69) is 15.4 Å². The first kappa shape index (κ1) is 16.7. The summed E-state index contributed by atoms with van der Waals surface area (Å²) in [5, 5.41) is 20.5. The molecule has 27 heavy (non-hydrogen) atoms. The lowest BCUT2D eigenvalue weighted by molar-refractivity contribution is -0.383. The van der Waals surface area contributed by atoms with Gasteiger partial charge in [-0.15, -0.1) is 0 Å². The molecule has 0 amide bonds. The Balaban J connectivity index is 1.68. The Kier molecular flexibility index (Phi) is 4.25. The number of anilines is 1. The normalized spacial score (nSPS) is 10.9. The lowest BCUT2D eigenvalue weighted by atomic mass is 10.1. The van der Waals surface area contributed by atoms with Crippen molar-refractivity contribution < 1.29 is 4.92 Å². The van der Waals surface area contributed by atoms with Crippen molar-refractivity contribution in [3.63, 3.8) is 0 Å². The number of nitro groups is 1. The first-order valence-corrected chi connectivity index (χ1v) is 8.46. The van der Waals surface area contributed by atoms with Gasteiger partial charge >= 0.3 is 0 Å². The van der Waals surface area contributed by atoms with Crippen LogP contribution in [0.15, 0.2) is 67.1 Å². The van der Waals surface area contributed by atoms with Crippen molar-refractivity contribution in [3.05, 3.63) is 82.8 Å². The molecule has 0 aliphatic rings. The van der Waals surface area contributed by atoms with E-state index in [1.807, 2.05) is 43.6 Å². The van der Waals surface area contributed by atoms with Gasteiger partial charge in [0.05, 0.1) is 16.0 Å². The van der Waals surface area contributed by atoms with Crippen molar-refractivity contribution in [2.45, 2.75) is 6.54 Å². The molecule has 1 N–H and O–H groups in total. The summed E-state index contributed by atoms with van der Waals surface area (Å²) in [6.07, 6.45) is 5.14. The van der Waals surface area contributed by atoms with E-state index >= 15 is 0 Å². The van der Waals surface area contributed by atoms with Crippen molar-refractivity contribution in [3.8, 4) is 11.3 Å². The summed E-state index contributed by atoms with van der Waals surface area (Å²) in [7, 11) is 1.89. The van der Waals surface area contributed by atoms with Gasteiger partial charge in [0.2, 0.25) is 0 Å². The molecule has 2 aromatic carbocycles. The van der Waals surface area contributed by atoms with Gasteiger partial charge in [-0.05, 0) is 12.1 Å². The van der Waals surface area contributed by atoms with E-state index in [-0.39, 0.29) is 10.6 Å². The molecule has 4 rings (SSSR count). The second kappa shape index (κ2) is 6.87. The number of pyridine rings is 1. The van der Waals surface area contributed by atoms with Gasteiger partial charge in [-0.3, -0.25) is 19.8 Å². The zero-order chi connectivity index (χ0) is 18.8. The van der Waals surface area contributed by atoms with E-state index in [4.69, 9.17) is 0 Å². The number of benzene rings is 2. The summed E-state index contributed by atoms with van der Waals surface area (Å²) in [5.41, 5.74) is 3.88. The SMILES string of the molecule is Cn1cc(CNc2ccc([N+](=O)[O-])c3cnccc23)c(-c2ccccc2)n1. The number of aryl methyl sites for hydroxylation is 1. The highest BCUT2D eigenvalue weighted by atomic mass is 16.6. The van der Waals surface area contributed by atoms with Gasteiger partial charge < -0.3 is 5.32 Å². The number of nitrogens with one attached hydrogen (secondary N) is 1. The van der Waals surface area contributed by atoms with Crippen LogP contribution in [-0.4, -0.2) is 19.7 Å². The molecule has 0 unspecified atom stereocenters. The van der Waals surface area contributed by atoms with Crippen LogP contribution in [0.5, 0.6) is 0 Å². The number of rotatable bonds is 5. The van der Waals surface area contributed by atoms with Gasteiger partial charge in [0.15, 0.2) is 0 Å². The lowest BCUT2D eigenvalue weighted by Crippen LogP contribution is -2.01. The Morgan fingerprint density at radius 2 is 1.93 bits per heavy atom. The maximum atomic E-state index is 11.3. The van der Waals surface area contributed by atoms with Crippen molar-refractivity contribution in [1.82, 2.24) is 14.8 Å². The minimum atomic E-state index is -0.386. The fourth-order valence-electron chi connectivity index (χ4n) is 3.19. The quantitative estimate of drug-likeness (QED) is 0.427. The first-order valence-electron chi connectivity index (χ1n) is 8.46. The average Bonchev–Trinajstić information content (AvgIpc) is 3.07. The molecule has 2 heterocycles. The van der Waals surface area contributed by atoms with Crippen LogP contribution < -0.4 is 5.32 Å².